The Bertz CT molecular complexity index is 422. The third kappa shape index (κ3) is 5.67. The summed E-state index contributed by atoms with van der Waals surface area (Å²) in [5.74, 6) is -0.620. The van der Waals surface area contributed by atoms with Crippen molar-refractivity contribution in [3.05, 3.63) is 28.5 Å². The standard InChI is InChI=1S/C13H17BrFNO3/c1-3-18-13(19-4-2)8-12(17)16-9-5-6-11(15)10(14)7-9/h5-7,13H,3-4,8H2,1-2H3,(H,16,17). The van der Waals surface area contributed by atoms with Gasteiger partial charge in [0.1, 0.15) is 5.82 Å². The first-order valence-electron chi connectivity index (χ1n) is 6.04. The quantitative estimate of drug-likeness (QED) is 0.778. The van der Waals surface area contributed by atoms with Crippen molar-refractivity contribution in [3.63, 3.8) is 0 Å². The zero-order valence-electron chi connectivity index (χ0n) is 10.9. The van der Waals surface area contributed by atoms with Crippen LogP contribution < -0.4 is 5.32 Å². The Morgan fingerprint density at radius 3 is 2.53 bits per heavy atom. The van der Waals surface area contributed by atoms with E-state index in [1.54, 1.807) is 0 Å². The molecule has 1 aromatic rings. The highest BCUT2D eigenvalue weighted by atomic mass is 79.9. The third-order valence-electron chi connectivity index (χ3n) is 2.26. The molecule has 0 saturated carbocycles. The Labute approximate surface area is 120 Å². The average molecular weight is 334 g/mol. The van der Waals surface area contributed by atoms with Crippen LogP contribution in [-0.2, 0) is 14.3 Å². The van der Waals surface area contributed by atoms with Crippen LogP contribution in [0.1, 0.15) is 20.3 Å². The van der Waals surface area contributed by atoms with Crippen LogP contribution in [0.15, 0.2) is 22.7 Å². The number of halogens is 2. The van der Waals surface area contributed by atoms with Gasteiger partial charge in [0.15, 0.2) is 6.29 Å². The number of hydrogen-bond donors (Lipinski definition) is 1. The molecular formula is C13H17BrFNO3. The van der Waals surface area contributed by atoms with E-state index in [4.69, 9.17) is 9.47 Å². The molecule has 0 aromatic heterocycles. The Kier molecular flexibility index (Phi) is 6.97. The molecular weight excluding hydrogens is 317 g/mol. The molecule has 1 amide bonds. The normalized spacial score (nSPS) is 10.8. The summed E-state index contributed by atoms with van der Waals surface area (Å²) in [6.45, 7) is 4.61. The van der Waals surface area contributed by atoms with Gasteiger partial charge in [0.25, 0.3) is 0 Å². The van der Waals surface area contributed by atoms with Gasteiger partial charge in [0.05, 0.1) is 10.9 Å². The van der Waals surface area contributed by atoms with Crippen molar-refractivity contribution < 1.29 is 18.7 Å². The maximum atomic E-state index is 13.0. The molecule has 0 fully saturated rings. The van der Waals surface area contributed by atoms with E-state index in [1.807, 2.05) is 13.8 Å². The number of ether oxygens (including phenoxy) is 2. The van der Waals surface area contributed by atoms with E-state index in [2.05, 4.69) is 21.2 Å². The van der Waals surface area contributed by atoms with Crippen molar-refractivity contribution >= 4 is 27.5 Å². The van der Waals surface area contributed by atoms with Gasteiger partial charge in [0.2, 0.25) is 5.91 Å². The lowest BCUT2D eigenvalue weighted by molar-refractivity contribution is -0.150. The Balaban J connectivity index is 2.55. The predicted octanol–water partition coefficient (Wildman–Crippen LogP) is 3.32. The van der Waals surface area contributed by atoms with E-state index in [9.17, 15) is 9.18 Å². The number of carbonyl (C=O) groups is 1. The van der Waals surface area contributed by atoms with Gasteiger partial charge in [-0.3, -0.25) is 4.79 Å². The Morgan fingerprint density at radius 2 is 2.00 bits per heavy atom. The third-order valence-corrected chi connectivity index (χ3v) is 2.87. The van der Waals surface area contributed by atoms with Crippen molar-refractivity contribution in [1.29, 1.82) is 0 Å². The summed E-state index contributed by atoms with van der Waals surface area (Å²) in [4.78, 5) is 11.8. The molecule has 1 aromatic carbocycles. The van der Waals surface area contributed by atoms with E-state index < -0.39 is 6.29 Å². The summed E-state index contributed by atoms with van der Waals surface area (Å²) < 4.78 is 23.9. The van der Waals surface area contributed by atoms with Crippen LogP contribution in [0.25, 0.3) is 0 Å². The van der Waals surface area contributed by atoms with Gasteiger partial charge in [-0.15, -0.1) is 0 Å². The van der Waals surface area contributed by atoms with Gasteiger partial charge in [-0.25, -0.2) is 4.39 Å². The van der Waals surface area contributed by atoms with Crippen LogP contribution in [0.4, 0.5) is 10.1 Å². The van der Waals surface area contributed by atoms with Gasteiger partial charge in [0, 0.05) is 18.9 Å². The summed E-state index contributed by atoms with van der Waals surface area (Å²) in [7, 11) is 0. The van der Waals surface area contributed by atoms with Gasteiger partial charge in [-0.2, -0.15) is 0 Å². The number of carbonyl (C=O) groups excluding carboxylic acids is 1. The molecule has 0 saturated heterocycles. The van der Waals surface area contributed by atoms with E-state index in [-0.39, 0.29) is 18.1 Å². The lowest BCUT2D eigenvalue weighted by Gasteiger charge is -2.16. The zero-order chi connectivity index (χ0) is 14.3. The largest absolute Gasteiger partial charge is 0.352 e. The first kappa shape index (κ1) is 16.1. The van der Waals surface area contributed by atoms with Crippen molar-refractivity contribution in [2.75, 3.05) is 18.5 Å². The summed E-state index contributed by atoms with van der Waals surface area (Å²) in [5.41, 5.74) is 0.519. The van der Waals surface area contributed by atoms with Crippen molar-refractivity contribution in [2.24, 2.45) is 0 Å². The van der Waals surface area contributed by atoms with Gasteiger partial charge in [-0.05, 0) is 48.0 Å². The highest BCUT2D eigenvalue weighted by Crippen LogP contribution is 2.20. The fraction of sp³-hybridized carbons (Fsp3) is 0.462. The molecule has 6 heteroatoms. The molecule has 19 heavy (non-hydrogen) atoms. The van der Waals surface area contributed by atoms with Crippen molar-refractivity contribution in [2.45, 2.75) is 26.6 Å². The number of nitrogens with one attached hydrogen (secondary N) is 1. The molecule has 0 radical (unpaired) electrons. The predicted molar refractivity (Wildman–Crippen MR) is 74.4 cm³/mol. The fourth-order valence-corrected chi connectivity index (χ4v) is 1.85. The fourth-order valence-electron chi connectivity index (χ4n) is 1.48. The topological polar surface area (TPSA) is 47.6 Å². The molecule has 0 aliphatic carbocycles. The summed E-state index contributed by atoms with van der Waals surface area (Å²) in [6.07, 6.45) is -0.463. The summed E-state index contributed by atoms with van der Waals surface area (Å²) in [5, 5.41) is 2.66. The lowest BCUT2D eigenvalue weighted by Crippen LogP contribution is -2.25. The highest BCUT2D eigenvalue weighted by molar-refractivity contribution is 9.10. The lowest BCUT2D eigenvalue weighted by atomic mass is 10.3. The van der Waals surface area contributed by atoms with Crippen molar-refractivity contribution in [1.82, 2.24) is 0 Å². The van der Waals surface area contributed by atoms with Crippen LogP contribution in [0.3, 0.4) is 0 Å². The second-order valence-electron chi connectivity index (χ2n) is 3.72. The van der Waals surface area contributed by atoms with E-state index in [1.165, 1.54) is 18.2 Å². The highest BCUT2D eigenvalue weighted by Gasteiger charge is 2.14. The molecule has 0 bridgehead atoms. The summed E-state index contributed by atoms with van der Waals surface area (Å²) >= 11 is 3.06. The average Bonchev–Trinajstić information content (AvgIpc) is 2.34. The zero-order valence-corrected chi connectivity index (χ0v) is 12.5. The number of anilines is 1. The second kappa shape index (κ2) is 8.24. The van der Waals surface area contributed by atoms with Gasteiger partial charge < -0.3 is 14.8 Å². The second-order valence-corrected chi connectivity index (χ2v) is 4.58. The first-order chi connectivity index (χ1) is 9.06. The minimum absolute atomic E-state index is 0.0939. The van der Waals surface area contributed by atoms with Crippen LogP contribution in [0.2, 0.25) is 0 Å². The maximum Gasteiger partial charge on any atom is 0.229 e. The minimum atomic E-state index is -0.557. The molecule has 0 aliphatic rings. The van der Waals surface area contributed by atoms with Crippen LogP contribution in [0, 0.1) is 5.82 Å². The molecule has 106 valence electrons. The maximum absolute atomic E-state index is 13.0. The minimum Gasteiger partial charge on any atom is -0.352 e. The molecule has 0 heterocycles. The molecule has 0 unspecified atom stereocenters. The van der Waals surface area contributed by atoms with E-state index in [0.29, 0.717) is 23.4 Å². The first-order valence-corrected chi connectivity index (χ1v) is 6.84. The molecule has 1 N–H and O–H groups in total. The Hall–Kier alpha value is -0.980. The van der Waals surface area contributed by atoms with Crippen LogP contribution >= 0.6 is 15.9 Å². The van der Waals surface area contributed by atoms with E-state index in [0.717, 1.165) is 0 Å². The molecule has 4 nitrogen and oxygen atoms in total. The van der Waals surface area contributed by atoms with E-state index >= 15 is 0 Å². The number of rotatable bonds is 7. The summed E-state index contributed by atoms with van der Waals surface area (Å²) in [6, 6.07) is 4.28. The molecule has 1 rings (SSSR count). The molecule has 0 atom stereocenters. The Morgan fingerprint density at radius 1 is 1.37 bits per heavy atom. The molecule has 0 spiro atoms. The van der Waals surface area contributed by atoms with Crippen LogP contribution in [-0.4, -0.2) is 25.4 Å². The SMILES string of the molecule is CCOC(CC(=O)Nc1ccc(F)c(Br)c1)OCC. The van der Waals surface area contributed by atoms with Gasteiger partial charge >= 0.3 is 0 Å². The monoisotopic (exact) mass is 333 g/mol. The number of amides is 1. The number of hydrogen-bond acceptors (Lipinski definition) is 3. The molecule has 0 aliphatic heterocycles. The number of benzene rings is 1. The van der Waals surface area contributed by atoms with Crippen molar-refractivity contribution in [3.8, 4) is 0 Å². The van der Waals surface area contributed by atoms with Gasteiger partial charge in [-0.1, -0.05) is 0 Å². The smallest absolute Gasteiger partial charge is 0.229 e. The van der Waals surface area contributed by atoms with Crippen LogP contribution in [0.5, 0.6) is 0 Å².